The van der Waals surface area contributed by atoms with Crippen LogP contribution in [0.15, 0.2) is 48.5 Å². The molecule has 8 heteroatoms. The van der Waals surface area contributed by atoms with Gasteiger partial charge in [-0.1, -0.05) is 85.9 Å². The summed E-state index contributed by atoms with van der Waals surface area (Å²) in [5.41, 5.74) is 1.79. The van der Waals surface area contributed by atoms with Crippen LogP contribution in [0.5, 0.6) is 0 Å². The summed E-state index contributed by atoms with van der Waals surface area (Å²) in [7, 11) is 4.02. The first-order valence-electron chi connectivity index (χ1n) is 9.91. The molecule has 2 atom stereocenters. The van der Waals surface area contributed by atoms with Crippen molar-refractivity contribution in [2.45, 2.75) is 32.9 Å². The van der Waals surface area contributed by atoms with E-state index in [1.54, 1.807) is 6.07 Å². The summed E-state index contributed by atoms with van der Waals surface area (Å²) in [6.07, 6.45) is 4.08. The Morgan fingerprint density at radius 3 is 2.19 bits per heavy atom. The van der Waals surface area contributed by atoms with E-state index in [1.807, 2.05) is 61.3 Å². The van der Waals surface area contributed by atoms with Crippen LogP contribution >= 0.6 is 34.8 Å². The van der Waals surface area contributed by atoms with Gasteiger partial charge in [-0.05, 0) is 65.3 Å². The molecule has 3 aromatic rings. The fourth-order valence-electron chi connectivity index (χ4n) is 3.47. The zero-order valence-electron chi connectivity index (χ0n) is 18.2. The van der Waals surface area contributed by atoms with Crippen molar-refractivity contribution in [3.63, 3.8) is 0 Å². The van der Waals surface area contributed by atoms with Crippen molar-refractivity contribution in [3.05, 3.63) is 80.6 Å². The highest BCUT2D eigenvalue weighted by Crippen LogP contribution is 2.36. The SMILES string of the molecule is CN(C)[C@H](c1ccc(Cl)cc1)c1nnnn1[C@H](/C=C\c1ccc(Cl)cc1Cl)C(C)(C)C. The first kappa shape index (κ1) is 23.7. The molecule has 31 heavy (non-hydrogen) atoms. The molecule has 0 spiro atoms. The molecular weight excluding hydrogens is 453 g/mol. The third-order valence-corrected chi connectivity index (χ3v) is 5.85. The number of nitrogens with zero attached hydrogens (tertiary/aromatic N) is 5. The lowest BCUT2D eigenvalue weighted by molar-refractivity contribution is 0.245. The predicted octanol–water partition coefficient (Wildman–Crippen LogP) is 6.58. The number of hydrogen-bond acceptors (Lipinski definition) is 4. The van der Waals surface area contributed by atoms with Crippen LogP contribution in [0, 0.1) is 5.41 Å². The monoisotopic (exact) mass is 477 g/mol. The van der Waals surface area contributed by atoms with Gasteiger partial charge >= 0.3 is 0 Å². The first-order chi connectivity index (χ1) is 14.6. The van der Waals surface area contributed by atoms with E-state index < -0.39 is 0 Å². The molecule has 2 aromatic carbocycles. The summed E-state index contributed by atoms with van der Waals surface area (Å²) in [5.74, 6) is 0.749. The Balaban J connectivity index is 2.05. The van der Waals surface area contributed by atoms with Crippen LogP contribution in [-0.4, -0.2) is 39.2 Å². The minimum Gasteiger partial charge on any atom is -0.296 e. The molecule has 1 aromatic heterocycles. The zero-order chi connectivity index (χ0) is 22.8. The van der Waals surface area contributed by atoms with E-state index >= 15 is 0 Å². The number of halogens is 3. The Kier molecular flexibility index (Phi) is 7.43. The second-order valence-corrected chi connectivity index (χ2v) is 10.0. The quantitative estimate of drug-likeness (QED) is 0.401. The van der Waals surface area contributed by atoms with Crippen molar-refractivity contribution in [1.82, 2.24) is 25.1 Å². The van der Waals surface area contributed by atoms with Crippen LogP contribution in [-0.2, 0) is 0 Å². The van der Waals surface area contributed by atoms with Crippen LogP contribution in [0.4, 0.5) is 0 Å². The molecule has 0 saturated heterocycles. The highest BCUT2D eigenvalue weighted by molar-refractivity contribution is 6.35. The van der Waals surface area contributed by atoms with Crippen LogP contribution in [0.2, 0.25) is 15.1 Å². The summed E-state index contributed by atoms with van der Waals surface area (Å²) in [6.45, 7) is 6.47. The molecule has 3 rings (SSSR count). The predicted molar refractivity (Wildman–Crippen MR) is 129 cm³/mol. The van der Waals surface area contributed by atoms with Gasteiger partial charge in [0.05, 0.1) is 12.1 Å². The number of hydrogen-bond donors (Lipinski definition) is 0. The second kappa shape index (κ2) is 9.70. The minimum atomic E-state index is -0.156. The van der Waals surface area contributed by atoms with Gasteiger partial charge in [-0.15, -0.1) is 5.10 Å². The molecule has 5 nitrogen and oxygen atoms in total. The average molecular weight is 479 g/mol. The highest BCUT2D eigenvalue weighted by Gasteiger charge is 2.31. The molecule has 0 saturated carbocycles. The number of benzene rings is 2. The van der Waals surface area contributed by atoms with E-state index in [-0.39, 0.29) is 17.5 Å². The van der Waals surface area contributed by atoms with Gasteiger partial charge in [0.1, 0.15) is 0 Å². The Bertz CT molecular complexity index is 1050. The van der Waals surface area contributed by atoms with E-state index in [0.29, 0.717) is 15.1 Å². The molecule has 0 N–H and O–H groups in total. The molecule has 0 unspecified atom stereocenters. The van der Waals surface area contributed by atoms with Crippen molar-refractivity contribution >= 4 is 40.9 Å². The number of aromatic nitrogens is 4. The maximum absolute atomic E-state index is 6.37. The summed E-state index contributed by atoms with van der Waals surface area (Å²) < 4.78 is 1.89. The standard InChI is InChI=1S/C23H26Cl3N5/c1-23(2,3)20(13-9-15-6-12-18(25)14-19(15)26)31-22(27-28-29-31)21(30(4)5)16-7-10-17(24)11-8-16/h6-14,20-21H,1-5H3/b13-9-/t20-,21-/m1/s1. The zero-order valence-corrected chi connectivity index (χ0v) is 20.5. The molecule has 0 aliphatic rings. The molecule has 0 radical (unpaired) electrons. The van der Waals surface area contributed by atoms with Gasteiger partial charge in [-0.25, -0.2) is 4.68 Å². The van der Waals surface area contributed by atoms with Gasteiger partial charge in [0.25, 0.3) is 0 Å². The summed E-state index contributed by atoms with van der Waals surface area (Å²) in [5, 5.41) is 14.7. The van der Waals surface area contributed by atoms with Crippen LogP contribution in [0.1, 0.15) is 49.8 Å². The lowest BCUT2D eigenvalue weighted by atomic mass is 9.86. The summed E-state index contributed by atoms with van der Waals surface area (Å²) in [4.78, 5) is 2.09. The topological polar surface area (TPSA) is 46.8 Å². The molecular formula is C23H26Cl3N5. The largest absolute Gasteiger partial charge is 0.296 e. The van der Waals surface area contributed by atoms with E-state index in [0.717, 1.165) is 17.0 Å². The lowest BCUT2D eigenvalue weighted by Crippen LogP contribution is -2.30. The fourth-order valence-corrected chi connectivity index (χ4v) is 4.07. The number of allylic oxidation sites excluding steroid dienone is 1. The Hall–Kier alpha value is -1.92. The fraction of sp³-hybridized carbons (Fsp3) is 0.348. The maximum atomic E-state index is 6.37. The average Bonchev–Trinajstić information content (AvgIpc) is 3.12. The highest BCUT2D eigenvalue weighted by atomic mass is 35.5. The molecule has 164 valence electrons. The van der Waals surface area contributed by atoms with Crippen molar-refractivity contribution < 1.29 is 0 Å². The molecule has 1 heterocycles. The van der Waals surface area contributed by atoms with Gasteiger partial charge in [-0.2, -0.15) is 0 Å². The smallest absolute Gasteiger partial charge is 0.173 e. The van der Waals surface area contributed by atoms with Crippen molar-refractivity contribution in [3.8, 4) is 0 Å². The normalized spacial score (nSPS) is 14.4. The van der Waals surface area contributed by atoms with Crippen molar-refractivity contribution in [2.75, 3.05) is 14.1 Å². The van der Waals surface area contributed by atoms with Gasteiger partial charge in [0, 0.05) is 15.1 Å². The van der Waals surface area contributed by atoms with Crippen molar-refractivity contribution in [1.29, 1.82) is 0 Å². The second-order valence-electron chi connectivity index (χ2n) is 8.74. The van der Waals surface area contributed by atoms with E-state index in [2.05, 4.69) is 47.3 Å². The third-order valence-electron chi connectivity index (χ3n) is 5.04. The van der Waals surface area contributed by atoms with Gasteiger partial charge in [0.2, 0.25) is 0 Å². The van der Waals surface area contributed by atoms with Crippen LogP contribution in [0.25, 0.3) is 6.08 Å². The maximum Gasteiger partial charge on any atom is 0.173 e. The summed E-state index contributed by atoms with van der Waals surface area (Å²) in [6, 6.07) is 13.0. The number of tetrazole rings is 1. The third kappa shape index (κ3) is 5.66. The summed E-state index contributed by atoms with van der Waals surface area (Å²) >= 11 is 18.5. The molecule has 0 aliphatic heterocycles. The Labute approximate surface area is 198 Å². The molecule has 0 aliphatic carbocycles. The van der Waals surface area contributed by atoms with Gasteiger partial charge in [0.15, 0.2) is 5.82 Å². The molecule has 0 bridgehead atoms. The van der Waals surface area contributed by atoms with Crippen LogP contribution in [0.3, 0.4) is 0 Å². The lowest BCUT2D eigenvalue weighted by Gasteiger charge is -2.31. The van der Waals surface area contributed by atoms with E-state index in [1.165, 1.54) is 0 Å². The van der Waals surface area contributed by atoms with E-state index in [4.69, 9.17) is 34.8 Å². The Morgan fingerprint density at radius 1 is 0.968 bits per heavy atom. The van der Waals surface area contributed by atoms with Crippen LogP contribution < -0.4 is 0 Å². The molecule has 0 amide bonds. The van der Waals surface area contributed by atoms with Gasteiger partial charge < -0.3 is 0 Å². The van der Waals surface area contributed by atoms with E-state index in [9.17, 15) is 0 Å². The Morgan fingerprint density at radius 2 is 1.61 bits per heavy atom. The molecule has 0 fully saturated rings. The van der Waals surface area contributed by atoms with Crippen molar-refractivity contribution in [2.24, 2.45) is 5.41 Å². The minimum absolute atomic E-state index is 0.112. The first-order valence-corrected chi connectivity index (χ1v) is 11.0. The number of rotatable bonds is 6. The van der Waals surface area contributed by atoms with Gasteiger partial charge in [-0.3, -0.25) is 4.90 Å².